The van der Waals surface area contributed by atoms with Gasteiger partial charge in [0.05, 0.1) is 0 Å². The summed E-state index contributed by atoms with van der Waals surface area (Å²) in [6.07, 6.45) is 9.63. The smallest absolute Gasteiger partial charge is 0.00924 e. The Balaban J connectivity index is 4.46. The third-order valence-electron chi connectivity index (χ3n) is 1.28. The minimum Gasteiger partial charge on any atom is -0.129 e. The molecule has 0 saturated heterocycles. The van der Waals surface area contributed by atoms with Crippen molar-refractivity contribution in [3.05, 3.63) is 47.9 Å². The summed E-state index contributed by atoms with van der Waals surface area (Å²) in [7, 11) is 0. The largest absolute Gasteiger partial charge is 0.129 e. The van der Waals surface area contributed by atoms with E-state index in [0.29, 0.717) is 0 Å². The van der Waals surface area contributed by atoms with Crippen LogP contribution in [0.4, 0.5) is 0 Å². The molecular weight excluding hydrogens is 152 g/mol. The van der Waals surface area contributed by atoms with E-state index in [2.05, 4.69) is 20.1 Å². The van der Waals surface area contributed by atoms with Crippen LogP contribution < -0.4 is 0 Å². The van der Waals surface area contributed by atoms with Gasteiger partial charge in [0.2, 0.25) is 0 Å². The Bertz CT molecular complexity index is 197. The zero-order chi connectivity index (χ0) is 8.69. The first kappa shape index (κ1) is 10.3. The maximum atomic E-state index is 3.72. The second kappa shape index (κ2) is 6.05. The molecule has 0 bridgehead atoms. The summed E-state index contributed by atoms with van der Waals surface area (Å²) in [6.45, 7) is 9.39. The quantitative estimate of drug-likeness (QED) is 0.575. The summed E-state index contributed by atoms with van der Waals surface area (Å²) in [5.74, 6) is 0. The molecule has 0 N–H and O–H groups in total. The SMILES string of the molecule is C=C/C=C\C(C)=C(/C=C)SC. The lowest BCUT2D eigenvalue weighted by Gasteiger charge is -1.98. The van der Waals surface area contributed by atoms with E-state index in [1.807, 2.05) is 24.5 Å². The lowest BCUT2D eigenvalue weighted by molar-refractivity contribution is 1.51. The summed E-state index contributed by atoms with van der Waals surface area (Å²) in [5.41, 5.74) is 1.23. The van der Waals surface area contributed by atoms with Crippen LogP contribution >= 0.6 is 11.8 Å². The van der Waals surface area contributed by atoms with Crippen LogP contribution in [0.2, 0.25) is 0 Å². The van der Waals surface area contributed by atoms with Crippen molar-refractivity contribution in [3.63, 3.8) is 0 Å². The van der Waals surface area contributed by atoms with Crippen LogP contribution in [0.25, 0.3) is 0 Å². The van der Waals surface area contributed by atoms with E-state index in [-0.39, 0.29) is 0 Å². The van der Waals surface area contributed by atoms with Crippen LogP contribution in [-0.2, 0) is 0 Å². The number of hydrogen-bond donors (Lipinski definition) is 0. The first-order chi connectivity index (χ1) is 5.26. The standard InChI is InChI=1S/C10H14S/c1-5-7-8-9(3)10(6-2)11-4/h5-8H,1-2H2,3-4H3/b8-7-,10-9+. The van der Waals surface area contributed by atoms with E-state index in [4.69, 9.17) is 0 Å². The normalized spacial score (nSPS) is 12.9. The highest BCUT2D eigenvalue weighted by atomic mass is 32.2. The molecule has 0 atom stereocenters. The Morgan fingerprint density at radius 1 is 1.36 bits per heavy atom. The van der Waals surface area contributed by atoms with Gasteiger partial charge < -0.3 is 0 Å². The number of rotatable bonds is 4. The molecule has 0 aromatic rings. The fourth-order valence-corrected chi connectivity index (χ4v) is 1.26. The van der Waals surface area contributed by atoms with E-state index in [1.54, 1.807) is 17.8 Å². The predicted octanol–water partition coefficient (Wildman–Crippen LogP) is 3.55. The Morgan fingerprint density at radius 2 is 2.00 bits per heavy atom. The van der Waals surface area contributed by atoms with Gasteiger partial charge in [-0.15, -0.1) is 11.8 Å². The van der Waals surface area contributed by atoms with Crippen LogP contribution in [0.3, 0.4) is 0 Å². The van der Waals surface area contributed by atoms with Gasteiger partial charge >= 0.3 is 0 Å². The highest BCUT2D eigenvalue weighted by molar-refractivity contribution is 8.02. The molecule has 0 fully saturated rings. The maximum Gasteiger partial charge on any atom is 0.00924 e. The van der Waals surface area contributed by atoms with Gasteiger partial charge in [-0.2, -0.15) is 0 Å². The summed E-state index contributed by atoms with van der Waals surface area (Å²) in [4.78, 5) is 1.21. The Kier molecular flexibility index (Phi) is 5.67. The monoisotopic (exact) mass is 166 g/mol. The van der Waals surface area contributed by atoms with Crippen LogP contribution in [0.1, 0.15) is 6.92 Å². The molecule has 0 rings (SSSR count). The van der Waals surface area contributed by atoms with Gasteiger partial charge in [0.25, 0.3) is 0 Å². The van der Waals surface area contributed by atoms with Crippen molar-refractivity contribution < 1.29 is 0 Å². The van der Waals surface area contributed by atoms with Gasteiger partial charge in [-0.05, 0) is 18.8 Å². The van der Waals surface area contributed by atoms with Gasteiger partial charge in [-0.1, -0.05) is 37.5 Å². The van der Waals surface area contributed by atoms with Crippen molar-refractivity contribution in [2.24, 2.45) is 0 Å². The molecule has 0 unspecified atom stereocenters. The van der Waals surface area contributed by atoms with Crippen molar-refractivity contribution in [3.8, 4) is 0 Å². The second-order valence-corrected chi connectivity index (χ2v) is 2.90. The average Bonchev–Trinajstić information content (AvgIpc) is 2.03. The number of thioether (sulfide) groups is 1. The summed E-state index contributed by atoms with van der Waals surface area (Å²) < 4.78 is 0. The fraction of sp³-hybridized carbons (Fsp3) is 0.200. The topological polar surface area (TPSA) is 0 Å². The van der Waals surface area contributed by atoms with E-state index in [1.165, 1.54) is 10.5 Å². The van der Waals surface area contributed by atoms with Gasteiger partial charge in [0, 0.05) is 4.91 Å². The molecule has 0 amide bonds. The Hall–Kier alpha value is -0.690. The zero-order valence-electron chi connectivity index (χ0n) is 7.13. The maximum absolute atomic E-state index is 3.72. The first-order valence-corrected chi connectivity index (χ1v) is 4.65. The first-order valence-electron chi connectivity index (χ1n) is 3.42. The van der Waals surface area contributed by atoms with Crippen molar-refractivity contribution in [2.75, 3.05) is 6.26 Å². The van der Waals surface area contributed by atoms with Crippen LogP contribution in [-0.4, -0.2) is 6.26 Å². The molecule has 0 aliphatic rings. The van der Waals surface area contributed by atoms with Crippen molar-refractivity contribution in [1.82, 2.24) is 0 Å². The molecule has 0 aromatic carbocycles. The van der Waals surface area contributed by atoms with Gasteiger partial charge in [0.1, 0.15) is 0 Å². The van der Waals surface area contributed by atoms with Crippen molar-refractivity contribution >= 4 is 11.8 Å². The molecule has 0 radical (unpaired) electrons. The molecule has 1 heteroatoms. The molecule has 60 valence electrons. The number of allylic oxidation sites excluding steroid dienone is 5. The number of hydrogen-bond acceptors (Lipinski definition) is 1. The molecule has 0 aliphatic carbocycles. The molecule has 0 spiro atoms. The second-order valence-electron chi connectivity index (χ2n) is 2.05. The molecular formula is C10H14S. The van der Waals surface area contributed by atoms with Gasteiger partial charge in [-0.3, -0.25) is 0 Å². The van der Waals surface area contributed by atoms with Gasteiger partial charge in [0.15, 0.2) is 0 Å². The van der Waals surface area contributed by atoms with Crippen molar-refractivity contribution in [2.45, 2.75) is 6.92 Å². The lowest BCUT2D eigenvalue weighted by atomic mass is 10.2. The van der Waals surface area contributed by atoms with Crippen molar-refractivity contribution in [1.29, 1.82) is 0 Å². The lowest BCUT2D eigenvalue weighted by Crippen LogP contribution is -1.74. The van der Waals surface area contributed by atoms with Crippen LogP contribution in [0.15, 0.2) is 47.9 Å². The minimum atomic E-state index is 1.21. The Labute approximate surface area is 73.4 Å². The average molecular weight is 166 g/mol. The summed E-state index contributed by atoms with van der Waals surface area (Å²) in [5, 5.41) is 0. The summed E-state index contributed by atoms with van der Waals surface area (Å²) >= 11 is 1.70. The van der Waals surface area contributed by atoms with E-state index >= 15 is 0 Å². The van der Waals surface area contributed by atoms with E-state index < -0.39 is 0 Å². The highest BCUT2D eigenvalue weighted by Crippen LogP contribution is 2.18. The third-order valence-corrected chi connectivity index (χ3v) is 2.20. The molecule has 0 aromatic heterocycles. The zero-order valence-corrected chi connectivity index (χ0v) is 7.95. The van der Waals surface area contributed by atoms with E-state index in [9.17, 15) is 0 Å². The minimum absolute atomic E-state index is 1.21. The predicted molar refractivity (Wildman–Crippen MR) is 55.7 cm³/mol. The summed E-state index contributed by atoms with van der Waals surface area (Å²) in [6, 6.07) is 0. The molecule has 11 heavy (non-hydrogen) atoms. The van der Waals surface area contributed by atoms with Crippen LogP contribution in [0, 0.1) is 0 Å². The molecule has 0 aliphatic heterocycles. The third kappa shape index (κ3) is 3.89. The fourth-order valence-electron chi connectivity index (χ4n) is 0.700. The van der Waals surface area contributed by atoms with Crippen LogP contribution in [0.5, 0.6) is 0 Å². The highest BCUT2D eigenvalue weighted by Gasteiger charge is 1.90. The molecule has 0 nitrogen and oxygen atoms in total. The molecule has 0 saturated carbocycles. The Morgan fingerprint density at radius 3 is 2.36 bits per heavy atom. The molecule has 0 heterocycles. The van der Waals surface area contributed by atoms with Gasteiger partial charge in [-0.25, -0.2) is 0 Å². The van der Waals surface area contributed by atoms with E-state index in [0.717, 1.165) is 0 Å².